The first-order valence-electron chi connectivity index (χ1n) is 0.338. The molecule has 2 N–H and O–H groups in total. The second-order valence-corrected chi connectivity index (χ2v) is 0. The van der Waals surface area contributed by atoms with Crippen molar-refractivity contribution in [2.24, 2.45) is 0 Å². The average Bonchev–Trinajstić information content (AvgIpc) is 1.50. The molecule has 0 saturated heterocycles. The molecule has 0 aliphatic rings. The van der Waals surface area contributed by atoms with Gasteiger partial charge in [-0.3, -0.25) is 9.32 Å². The minimum absolute atomic E-state index is 0. The Balaban J connectivity index is -0.0000000133. The zero-order valence-corrected chi connectivity index (χ0v) is 6.08. The van der Waals surface area contributed by atoms with Crippen molar-refractivity contribution in [2.45, 2.75) is 0 Å². The van der Waals surface area contributed by atoms with Gasteiger partial charge in [0.1, 0.15) is 0 Å². The molecule has 0 aromatic heterocycles. The Kier molecular flexibility index (Phi) is 134. The fraction of sp³-hybridized carbons (Fsp3) is 0. The third kappa shape index (κ3) is 26.3. The van der Waals surface area contributed by atoms with Crippen LogP contribution in [0.4, 0.5) is 0 Å². The molecule has 0 bridgehead atoms. The molecule has 0 aromatic rings. The first-order valence-corrected chi connectivity index (χ1v) is 1.01. The van der Waals surface area contributed by atoms with Crippen molar-refractivity contribution in [1.82, 2.24) is 0 Å². The van der Waals surface area contributed by atoms with Gasteiger partial charge in [-0.15, -0.1) is 0 Å². The van der Waals surface area contributed by atoms with Gasteiger partial charge in [-0.05, 0) is 0 Å². The summed E-state index contributed by atoms with van der Waals surface area (Å²) in [5.74, 6) is 0. The molecule has 0 aliphatic carbocycles. The summed E-state index contributed by atoms with van der Waals surface area (Å²) >= 11 is 7.28. The van der Waals surface area contributed by atoms with E-state index >= 15 is 0 Å². The molecule has 2 radical (unpaired) electrons. The maximum Gasteiger partial charge on any atom is 0.0579 e. The summed E-state index contributed by atoms with van der Waals surface area (Å²) < 4.78 is 12.9. The first kappa shape index (κ1) is 15.9. The van der Waals surface area contributed by atoms with Crippen LogP contribution in [-0.4, -0.2) is 47.1 Å². The topological polar surface area (TPSA) is 40.5 Å². The van der Waals surface area contributed by atoms with Gasteiger partial charge in [0, 0.05) is 37.7 Å². The van der Waals surface area contributed by atoms with E-state index in [1.54, 1.807) is 0 Å². The fourth-order valence-corrected chi connectivity index (χ4v) is 0. The van der Waals surface area contributed by atoms with Crippen molar-refractivity contribution in [2.75, 3.05) is 0 Å². The molecule has 5 heteroatoms. The molecule has 0 fully saturated rings. The van der Waals surface area contributed by atoms with Gasteiger partial charge in [0.25, 0.3) is 0 Å². The zero-order valence-electron chi connectivity index (χ0n) is 2.36. The Labute approximate surface area is 70.0 Å². The summed E-state index contributed by atoms with van der Waals surface area (Å²) in [7, 11) is 0. The summed E-state index contributed by atoms with van der Waals surface area (Å²) in [4.78, 5) is 0. The molecule has 0 amide bonds. The second kappa shape index (κ2) is 42.1. The third-order valence-corrected chi connectivity index (χ3v) is 0. The normalized spacial score (nSPS) is 2.40. The van der Waals surface area contributed by atoms with Crippen molar-refractivity contribution in [3.8, 4) is 0 Å². The Morgan fingerprint density at radius 2 is 0.800 bits per heavy atom. The van der Waals surface area contributed by atoms with Gasteiger partial charge < -0.3 is 0 Å². The van der Waals surface area contributed by atoms with Crippen LogP contribution in [0.3, 0.4) is 0 Å². The van der Waals surface area contributed by atoms with E-state index in [0.717, 1.165) is 0 Å². The van der Waals surface area contributed by atoms with Gasteiger partial charge in [0.2, 0.25) is 0 Å². The maximum atomic E-state index is 6.47. The molecule has 0 aromatic carbocycles. The molecule has 0 saturated carbocycles. The van der Waals surface area contributed by atoms with Gasteiger partial charge in [0.05, 0.1) is 23.7 Å². The summed E-state index contributed by atoms with van der Waals surface area (Å²) in [6.45, 7) is 0. The number of halogens is 2. The standard InChI is InChI=1S/Ca.2ClHO/c;2*1-2/h;2*2H. The molecule has 5 heavy (non-hydrogen) atoms. The van der Waals surface area contributed by atoms with Crippen LogP contribution >= 0.6 is 23.7 Å². The zero-order chi connectivity index (χ0) is 4.00. The number of rotatable bonds is 0. The van der Waals surface area contributed by atoms with Crippen LogP contribution in [0.5, 0.6) is 0 Å². The van der Waals surface area contributed by atoms with Gasteiger partial charge in [0.15, 0.2) is 0 Å². The number of hydrogen-bond acceptors (Lipinski definition) is 2. The van der Waals surface area contributed by atoms with E-state index < -0.39 is 0 Å². The first-order chi connectivity index (χ1) is 2.00. The van der Waals surface area contributed by atoms with Crippen molar-refractivity contribution in [3.05, 3.63) is 0 Å². The fourth-order valence-electron chi connectivity index (χ4n) is 0. The molecule has 0 heterocycles. The van der Waals surface area contributed by atoms with Gasteiger partial charge >= 0.3 is 0 Å². The van der Waals surface area contributed by atoms with Crippen molar-refractivity contribution >= 4 is 61.5 Å². The smallest absolute Gasteiger partial charge is 0.0579 e. The quantitative estimate of drug-likeness (QED) is 0.466. The summed E-state index contributed by atoms with van der Waals surface area (Å²) in [6, 6.07) is 0. The predicted octanol–water partition coefficient (Wildman–Crippen LogP) is -0.116. The van der Waals surface area contributed by atoms with E-state index in [1.165, 1.54) is 0 Å². The van der Waals surface area contributed by atoms with Gasteiger partial charge in [-0.1, -0.05) is 0 Å². The predicted molar refractivity (Wildman–Crippen MR) is 21.9 cm³/mol. The Bertz CT molecular complexity index is 7.61. The largest absolute Gasteiger partial charge is 0.295 e. The molecule has 0 spiro atoms. The van der Waals surface area contributed by atoms with E-state index in [4.69, 9.17) is 9.32 Å². The SMILES string of the molecule is OCl.OCl.[Ca]. The summed E-state index contributed by atoms with van der Waals surface area (Å²) in [6.07, 6.45) is 0. The second-order valence-electron chi connectivity index (χ2n) is 0. The van der Waals surface area contributed by atoms with Crippen molar-refractivity contribution < 1.29 is 9.32 Å². The maximum absolute atomic E-state index is 6.47. The van der Waals surface area contributed by atoms with Crippen LogP contribution in [0.25, 0.3) is 0 Å². The minimum atomic E-state index is 0. The molecular formula is H2CaCl2O2. The molecule has 0 rings (SSSR count). The van der Waals surface area contributed by atoms with E-state index in [-0.39, 0.29) is 37.7 Å². The van der Waals surface area contributed by atoms with Crippen LogP contribution in [0.1, 0.15) is 0 Å². The van der Waals surface area contributed by atoms with Crippen LogP contribution in [0, 0.1) is 0 Å². The Morgan fingerprint density at radius 3 is 0.800 bits per heavy atom. The average molecular weight is 145 g/mol. The molecule has 0 atom stereocenters. The molecule has 0 aliphatic heterocycles. The van der Waals surface area contributed by atoms with Gasteiger partial charge in [-0.25, -0.2) is 0 Å². The van der Waals surface area contributed by atoms with E-state index in [9.17, 15) is 0 Å². The van der Waals surface area contributed by atoms with E-state index in [0.29, 0.717) is 0 Å². The molecule has 30 valence electrons. The Morgan fingerprint density at radius 1 is 0.800 bits per heavy atom. The minimum Gasteiger partial charge on any atom is -0.295 e. The Hall–Kier alpha value is 1.76. The van der Waals surface area contributed by atoms with E-state index in [2.05, 4.69) is 23.7 Å². The van der Waals surface area contributed by atoms with Crippen LogP contribution in [0.15, 0.2) is 0 Å². The summed E-state index contributed by atoms with van der Waals surface area (Å²) in [5.41, 5.74) is 0. The van der Waals surface area contributed by atoms with Crippen molar-refractivity contribution in [3.63, 3.8) is 0 Å². The van der Waals surface area contributed by atoms with Gasteiger partial charge in [-0.2, -0.15) is 0 Å². The monoisotopic (exact) mass is 144 g/mol. The van der Waals surface area contributed by atoms with Crippen LogP contribution < -0.4 is 0 Å². The summed E-state index contributed by atoms with van der Waals surface area (Å²) in [5, 5.41) is 0. The van der Waals surface area contributed by atoms with Crippen LogP contribution in [-0.2, 0) is 0 Å². The van der Waals surface area contributed by atoms with E-state index in [1.807, 2.05) is 0 Å². The molecule has 2 nitrogen and oxygen atoms in total. The van der Waals surface area contributed by atoms with Crippen LogP contribution in [0.2, 0.25) is 0 Å². The van der Waals surface area contributed by atoms with Crippen molar-refractivity contribution in [1.29, 1.82) is 0 Å². The number of hydrogen-bond donors (Lipinski definition) is 2. The third-order valence-electron chi connectivity index (χ3n) is 0. The molecule has 0 unspecified atom stereocenters. The molecular weight excluding hydrogens is 143 g/mol.